The molecule has 0 radical (unpaired) electrons. The molecule has 5 heteroatoms. The summed E-state index contributed by atoms with van der Waals surface area (Å²) in [5.41, 5.74) is 0. The Kier molecular flexibility index (Phi) is 7.35. The van der Waals surface area contributed by atoms with Crippen molar-refractivity contribution in [2.75, 3.05) is 52.6 Å². The van der Waals surface area contributed by atoms with Gasteiger partial charge in [-0.05, 0) is 51.2 Å². The van der Waals surface area contributed by atoms with Crippen LogP contribution >= 0.6 is 11.8 Å². The first-order chi connectivity index (χ1) is 10.6. The van der Waals surface area contributed by atoms with Gasteiger partial charge in [0, 0.05) is 37.7 Å². The van der Waals surface area contributed by atoms with Crippen molar-refractivity contribution in [3.8, 4) is 0 Å². The number of nitrogens with zero attached hydrogens (tertiary/aromatic N) is 3. The molecule has 4 nitrogen and oxygen atoms in total. The molecule has 1 N–H and O–H groups in total. The maximum atomic E-state index is 4.51. The smallest absolute Gasteiger partial charge is 0.193 e. The Morgan fingerprint density at radius 2 is 2.00 bits per heavy atom. The van der Waals surface area contributed by atoms with E-state index in [-0.39, 0.29) is 0 Å². The van der Waals surface area contributed by atoms with Gasteiger partial charge in [0.2, 0.25) is 0 Å². The normalized spacial score (nSPS) is 25.8. The lowest BCUT2D eigenvalue weighted by Crippen LogP contribution is -2.49. The molecule has 0 bridgehead atoms. The number of nitrogens with one attached hydrogen (secondary N) is 1. The molecule has 0 aromatic carbocycles. The molecule has 2 rings (SSSR count). The lowest BCUT2D eigenvalue weighted by molar-refractivity contribution is 0.212. The van der Waals surface area contributed by atoms with Crippen LogP contribution in [0.4, 0.5) is 0 Å². The number of likely N-dealkylation sites (tertiary alicyclic amines) is 1. The number of aliphatic imine (C=N–C) groups is 1. The van der Waals surface area contributed by atoms with Gasteiger partial charge in [0.05, 0.1) is 0 Å². The molecule has 0 aromatic heterocycles. The van der Waals surface area contributed by atoms with Gasteiger partial charge in [0.25, 0.3) is 0 Å². The van der Waals surface area contributed by atoms with Gasteiger partial charge in [-0.1, -0.05) is 13.8 Å². The predicted molar refractivity (Wildman–Crippen MR) is 98.9 cm³/mol. The average Bonchev–Trinajstić information content (AvgIpc) is 2.53. The first kappa shape index (κ1) is 17.9. The molecular formula is C17H34N4S. The monoisotopic (exact) mass is 326 g/mol. The Balaban J connectivity index is 1.73. The van der Waals surface area contributed by atoms with Gasteiger partial charge < -0.3 is 15.1 Å². The minimum Gasteiger partial charge on any atom is -0.356 e. The number of rotatable bonds is 4. The zero-order valence-corrected chi connectivity index (χ0v) is 15.7. The van der Waals surface area contributed by atoms with Crippen molar-refractivity contribution in [3.05, 3.63) is 0 Å². The van der Waals surface area contributed by atoms with Crippen LogP contribution in [0.5, 0.6) is 0 Å². The number of hydrogen-bond donors (Lipinski definition) is 1. The van der Waals surface area contributed by atoms with Crippen molar-refractivity contribution < 1.29 is 0 Å². The van der Waals surface area contributed by atoms with Gasteiger partial charge in [-0.25, -0.2) is 0 Å². The Hall–Kier alpha value is -0.420. The third kappa shape index (κ3) is 5.34. The summed E-state index contributed by atoms with van der Waals surface area (Å²) in [5.74, 6) is 3.96. The standard InChI is InChI=1S/C17H34N4S/c1-14(2)16-13-21(11-12-22-16)17(18-3)19-8-5-15-6-9-20(4)10-7-15/h14-16H,5-13H2,1-4H3,(H,18,19). The van der Waals surface area contributed by atoms with Crippen LogP contribution in [0.2, 0.25) is 0 Å². The van der Waals surface area contributed by atoms with Crippen molar-refractivity contribution in [1.29, 1.82) is 0 Å². The largest absolute Gasteiger partial charge is 0.356 e. The molecule has 0 spiro atoms. The van der Waals surface area contributed by atoms with Crippen molar-refractivity contribution in [3.63, 3.8) is 0 Å². The summed E-state index contributed by atoms with van der Waals surface area (Å²) in [7, 11) is 4.15. The zero-order chi connectivity index (χ0) is 15.9. The topological polar surface area (TPSA) is 30.9 Å². The SMILES string of the molecule is CN=C(NCCC1CCN(C)CC1)N1CCSC(C(C)C)C1. The molecule has 2 fully saturated rings. The highest BCUT2D eigenvalue weighted by Gasteiger charge is 2.25. The summed E-state index contributed by atoms with van der Waals surface area (Å²) >= 11 is 2.12. The Morgan fingerprint density at radius 3 is 2.64 bits per heavy atom. The van der Waals surface area contributed by atoms with Crippen LogP contribution in [0.1, 0.15) is 33.1 Å². The van der Waals surface area contributed by atoms with Crippen LogP contribution in [0.15, 0.2) is 4.99 Å². The van der Waals surface area contributed by atoms with Gasteiger partial charge in [0.1, 0.15) is 0 Å². The van der Waals surface area contributed by atoms with Gasteiger partial charge in [-0.15, -0.1) is 0 Å². The lowest BCUT2D eigenvalue weighted by atomic mass is 9.94. The highest BCUT2D eigenvalue weighted by Crippen LogP contribution is 2.25. The van der Waals surface area contributed by atoms with Crippen LogP contribution in [0.25, 0.3) is 0 Å². The molecular weight excluding hydrogens is 292 g/mol. The Labute approximate surface area is 141 Å². The molecule has 0 aliphatic carbocycles. The van der Waals surface area contributed by atoms with E-state index in [2.05, 4.69) is 52.8 Å². The van der Waals surface area contributed by atoms with Crippen LogP contribution in [-0.4, -0.2) is 73.6 Å². The fourth-order valence-electron chi connectivity index (χ4n) is 3.34. The van der Waals surface area contributed by atoms with Crippen LogP contribution < -0.4 is 5.32 Å². The molecule has 1 atom stereocenters. The highest BCUT2D eigenvalue weighted by molar-refractivity contribution is 8.00. The van der Waals surface area contributed by atoms with Gasteiger partial charge in [0.15, 0.2) is 5.96 Å². The number of thioether (sulfide) groups is 1. The number of piperidine rings is 1. The maximum Gasteiger partial charge on any atom is 0.193 e. The number of hydrogen-bond acceptors (Lipinski definition) is 3. The second-order valence-corrected chi connectivity index (χ2v) is 8.46. The van der Waals surface area contributed by atoms with Crippen LogP contribution in [0, 0.1) is 11.8 Å². The lowest BCUT2D eigenvalue weighted by Gasteiger charge is -2.36. The van der Waals surface area contributed by atoms with Gasteiger partial charge in [-0.3, -0.25) is 4.99 Å². The van der Waals surface area contributed by atoms with Crippen LogP contribution in [0.3, 0.4) is 0 Å². The summed E-state index contributed by atoms with van der Waals surface area (Å²) in [5, 5.41) is 4.35. The first-order valence-corrected chi connectivity index (χ1v) is 9.90. The average molecular weight is 327 g/mol. The molecule has 22 heavy (non-hydrogen) atoms. The molecule has 0 amide bonds. The minimum atomic E-state index is 0.737. The Morgan fingerprint density at radius 1 is 1.27 bits per heavy atom. The summed E-state index contributed by atoms with van der Waals surface area (Å²) < 4.78 is 0. The van der Waals surface area contributed by atoms with E-state index >= 15 is 0 Å². The highest BCUT2D eigenvalue weighted by atomic mass is 32.2. The Bertz CT molecular complexity index is 351. The van der Waals surface area contributed by atoms with Gasteiger partial charge >= 0.3 is 0 Å². The van der Waals surface area contributed by atoms with E-state index in [1.165, 1.54) is 38.1 Å². The van der Waals surface area contributed by atoms with E-state index in [0.29, 0.717) is 0 Å². The van der Waals surface area contributed by atoms with E-state index in [1.807, 2.05) is 7.05 Å². The predicted octanol–water partition coefficient (Wildman–Crippen LogP) is 2.37. The molecule has 1 unspecified atom stereocenters. The molecule has 2 aliphatic rings. The van der Waals surface area contributed by atoms with Crippen LogP contribution in [-0.2, 0) is 0 Å². The van der Waals surface area contributed by atoms with E-state index in [4.69, 9.17) is 0 Å². The summed E-state index contributed by atoms with van der Waals surface area (Å²) in [6, 6.07) is 0. The van der Waals surface area contributed by atoms with E-state index in [9.17, 15) is 0 Å². The van der Waals surface area contributed by atoms with Crippen molar-refractivity contribution >= 4 is 17.7 Å². The van der Waals surface area contributed by atoms with E-state index < -0.39 is 0 Å². The summed E-state index contributed by atoms with van der Waals surface area (Å²) in [6.45, 7) is 10.5. The molecule has 2 aliphatic heterocycles. The minimum absolute atomic E-state index is 0.737. The summed E-state index contributed by atoms with van der Waals surface area (Å²) in [4.78, 5) is 9.41. The third-order valence-electron chi connectivity index (χ3n) is 5.02. The molecule has 128 valence electrons. The maximum absolute atomic E-state index is 4.51. The molecule has 0 aromatic rings. The fraction of sp³-hybridized carbons (Fsp3) is 0.941. The van der Waals surface area contributed by atoms with Crippen molar-refractivity contribution in [1.82, 2.24) is 15.1 Å². The van der Waals surface area contributed by atoms with Gasteiger partial charge in [-0.2, -0.15) is 11.8 Å². The summed E-state index contributed by atoms with van der Waals surface area (Å²) in [6.07, 6.45) is 3.99. The second-order valence-electron chi connectivity index (χ2n) is 7.11. The van der Waals surface area contributed by atoms with E-state index in [0.717, 1.165) is 42.7 Å². The zero-order valence-electron chi connectivity index (χ0n) is 14.8. The molecule has 0 saturated carbocycles. The quantitative estimate of drug-likeness (QED) is 0.635. The molecule has 2 heterocycles. The molecule has 2 saturated heterocycles. The van der Waals surface area contributed by atoms with E-state index in [1.54, 1.807) is 0 Å². The third-order valence-corrected chi connectivity index (χ3v) is 6.56. The number of guanidine groups is 1. The fourth-order valence-corrected chi connectivity index (χ4v) is 4.64. The van der Waals surface area contributed by atoms with Crippen molar-refractivity contribution in [2.24, 2.45) is 16.8 Å². The van der Waals surface area contributed by atoms with Crippen molar-refractivity contribution in [2.45, 2.75) is 38.4 Å². The second kappa shape index (κ2) is 9.02. The first-order valence-electron chi connectivity index (χ1n) is 8.86.